The lowest BCUT2D eigenvalue weighted by Crippen LogP contribution is -2.33. The fraction of sp³-hybridized carbons (Fsp3) is 0.500. The van der Waals surface area contributed by atoms with E-state index in [0.29, 0.717) is 18.7 Å². The van der Waals surface area contributed by atoms with Gasteiger partial charge in [0.15, 0.2) is 0 Å². The van der Waals surface area contributed by atoms with Crippen LogP contribution in [0.25, 0.3) is 0 Å². The van der Waals surface area contributed by atoms with Gasteiger partial charge in [-0.15, -0.1) is 0 Å². The summed E-state index contributed by atoms with van der Waals surface area (Å²) in [6, 6.07) is 2.48. The summed E-state index contributed by atoms with van der Waals surface area (Å²) in [5, 5.41) is 0. The predicted molar refractivity (Wildman–Crippen MR) is 58.8 cm³/mol. The van der Waals surface area contributed by atoms with Crippen molar-refractivity contribution < 1.29 is 8.78 Å². The maximum Gasteiger partial charge on any atom is 0.131 e. The summed E-state index contributed by atoms with van der Waals surface area (Å²) in [6.07, 6.45) is 0. The Morgan fingerprint density at radius 2 is 2.12 bits per heavy atom. The highest BCUT2D eigenvalue weighted by atomic mass is 19.1. The molecule has 1 heterocycles. The van der Waals surface area contributed by atoms with Crippen LogP contribution in [0, 0.1) is 11.6 Å². The number of hydrogen-bond acceptors (Lipinski definition) is 2. The molecule has 2 rings (SSSR count). The summed E-state index contributed by atoms with van der Waals surface area (Å²) >= 11 is 0. The molecule has 2 nitrogen and oxygen atoms in total. The van der Waals surface area contributed by atoms with E-state index < -0.39 is 11.6 Å². The Bertz CT molecular complexity index is 404. The van der Waals surface area contributed by atoms with Crippen molar-refractivity contribution in [2.75, 3.05) is 6.54 Å². The number of rotatable bonds is 2. The molecule has 0 saturated carbocycles. The molecule has 1 unspecified atom stereocenters. The lowest BCUT2D eigenvalue weighted by molar-refractivity contribution is 0.170. The van der Waals surface area contributed by atoms with E-state index in [9.17, 15) is 8.78 Å². The number of nitrogens with zero attached hydrogens (tertiary/aromatic N) is 1. The van der Waals surface area contributed by atoms with Crippen LogP contribution in [0.4, 0.5) is 8.78 Å². The minimum Gasteiger partial charge on any atom is -0.329 e. The molecule has 0 aliphatic carbocycles. The summed E-state index contributed by atoms with van der Waals surface area (Å²) in [7, 11) is 0. The zero-order chi connectivity index (χ0) is 11.9. The van der Waals surface area contributed by atoms with Gasteiger partial charge in [0.05, 0.1) is 6.04 Å². The Balaban J connectivity index is 2.47. The molecule has 4 heteroatoms. The van der Waals surface area contributed by atoms with Crippen molar-refractivity contribution >= 4 is 0 Å². The van der Waals surface area contributed by atoms with E-state index in [1.165, 1.54) is 6.07 Å². The van der Waals surface area contributed by atoms with E-state index in [1.54, 1.807) is 0 Å². The number of fused-ring (bicyclic) bond motifs is 1. The summed E-state index contributed by atoms with van der Waals surface area (Å²) < 4.78 is 26.8. The topological polar surface area (TPSA) is 29.3 Å². The first-order chi connectivity index (χ1) is 7.54. The van der Waals surface area contributed by atoms with Crippen LogP contribution in [0.15, 0.2) is 12.1 Å². The second-order valence-electron chi connectivity index (χ2n) is 4.48. The molecule has 0 fully saturated rings. The van der Waals surface area contributed by atoms with Gasteiger partial charge in [-0.2, -0.15) is 0 Å². The van der Waals surface area contributed by atoms with Crippen LogP contribution in [0.2, 0.25) is 0 Å². The van der Waals surface area contributed by atoms with Crippen LogP contribution in [0.5, 0.6) is 0 Å². The van der Waals surface area contributed by atoms with Crippen molar-refractivity contribution in [3.05, 3.63) is 34.9 Å². The molecule has 1 aromatic carbocycles. The van der Waals surface area contributed by atoms with Gasteiger partial charge in [-0.1, -0.05) is 0 Å². The highest BCUT2D eigenvalue weighted by molar-refractivity contribution is 5.36. The van der Waals surface area contributed by atoms with Gasteiger partial charge in [-0.3, -0.25) is 4.90 Å². The molecule has 1 atom stereocenters. The first-order valence-electron chi connectivity index (χ1n) is 5.48. The van der Waals surface area contributed by atoms with Crippen LogP contribution in [-0.2, 0) is 6.54 Å². The Hall–Kier alpha value is -1.00. The van der Waals surface area contributed by atoms with Crippen LogP contribution < -0.4 is 5.73 Å². The van der Waals surface area contributed by atoms with Crippen molar-refractivity contribution in [1.82, 2.24) is 4.90 Å². The van der Waals surface area contributed by atoms with Gasteiger partial charge in [-0.25, -0.2) is 8.78 Å². The fourth-order valence-electron chi connectivity index (χ4n) is 2.41. The van der Waals surface area contributed by atoms with Crippen LogP contribution in [0.3, 0.4) is 0 Å². The molecule has 0 aromatic heterocycles. The molecule has 0 radical (unpaired) electrons. The molecule has 1 aromatic rings. The van der Waals surface area contributed by atoms with E-state index in [4.69, 9.17) is 5.73 Å². The minimum absolute atomic E-state index is 0.129. The SMILES string of the molecule is CC(C)N1Cc2cc(F)cc(F)c2C1CN. The van der Waals surface area contributed by atoms with E-state index in [2.05, 4.69) is 4.90 Å². The highest BCUT2D eigenvalue weighted by Gasteiger charge is 2.33. The van der Waals surface area contributed by atoms with Gasteiger partial charge in [-0.05, 0) is 25.5 Å². The minimum atomic E-state index is -0.516. The fourth-order valence-corrected chi connectivity index (χ4v) is 2.41. The summed E-state index contributed by atoms with van der Waals surface area (Å²) in [6.45, 7) is 4.99. The Labute approximate surface area is 94.0 Å². The van der Waals surface area contributed by atoms with Gasteiger partial charge in [0, 0.05) is 30.8 Å². The van der Waals surface area contributed by atoms with E-state index in [-0.39, 0.29) is 12.1 Å². The number of halogens is 2. The summed E-state index contributed by atoms with van der Waals surface area (Å²) in [5.74, 6) is -0.994. The molecule has 1 aliphatic heterocycles. The first-order valence-corrected chi connectivity index (χ1v) is 5.48. The van der Waals surface area contributed by atoms with Crippen molar-refractivity contribution in [3.63, 3.8) is 0 Å². The normalized spacial score (nSPS) is 20.5. The zero-order valence-corrected chi connectivity index (χ0v) is 9.50. The lowest BCUT2D eigenvalue weighted by Gasteiger charge is -2.27. The van der Waals surface area contributed by atoms with E-state index in [0.717, 1.165) is 11.6 Å². The number of benzene rings is 1. The van der Waals surface area contributed by atoms with Crippen LogP contribution in [0.1, 0.15) is 31.0 Å². The molecule has 16 heavy (non-hydrogen) atoms. The standard InChI is InChI=1S/C12H16F2N2/c1-7(2)16-6-8-3-9(13)4-10(14)12(8)11(16)5-15/h3-4,7,11H,5-6,15H2,1-2H3. The third kappa shape index (κ3) is 1.72. The summed E-state index contributed by atoms with van der Waals surface area (Å²) in [5.41, 5.74) is 6.97. The lowest BCUT2D eigenvalue weighted by atomic mass is 10.0. The van der Waals surface area contributed by atoms with Gasteiger partial charge in [0.25, 0.3) is 0 Å². The second-order valence-corrected chi connectivity index (χ2v) is 4.48. The van der Waals surface area contributed by atoms with Gasteiger partial charge in [0.1, 0.15) is 11.6 Å². The average Bonchev–Trinajstić information content (AvgIpc) is 2.56. The molecule has 2 N–H and O–H groups in total. The van der Waals surface area contributed by atoms with Crippen LogP contribution >= 0.6 is 0 Å². The van der Waals surface area contributed by atoms with Gasteiger partial charge >= 0.3 is 0 Å². The number of nitrogens with two attached hydrogens (primary N) is 1. The highest BCUT2D eigenvalue weighted by Crippen LogP contribution is 2.36. The molecular weight excluding hydrogens is 210 g/mol. The predicted octanol–water partition coefficient (Wildman–Crippen LogP) is 2.19. The van der Waals surface area contributed by atoms with Crippen molar-refractivity contribution in [1.29, 1.82) is 0 Å². The van der Waals surface area contributed by atoms with Gasteiger partial charge < -0.3 is 5.73 Å². The average molecular weight is 226 g/mol. The van der Waals surface area contributed by atoms with E-state index >= 15 is 0 Å². The quantitative estimate of drug-likeness (QED) is 0.837. The van der Waals surface area contributed by atoms with Crippen molar-refractivity contribution in [2.45, 2.75) is 32.5 Å². The Morgan fingerprint density at radius 1 is 1.44 bits per heavy atom. The molecular formula is C12H16F2N2. The monoisotopic (exact) mass is 226 g/mol. The third-order valence-corrected chi connectivity index (χ3v) is 3.15. The van der Waals surface area contributed by atoms with Gasteiger partial charge in [0.2, 0.25) is 0 Å². The largest absolute Gasteiger partial charge is 0.329 e. The molecule has 0 amide bonds. The zero-order valence-electron chi connectivity index (χ0n) is 9.50. The maximum absolute atomic E-state index is 13.7. The smallest absolute Gasteiger partial charge is 0.131 e. The molecule has 0 spiro atoms. The molecule has 0 saturated heterocycles. The molecule has 0 bridgehead atoms. The third-order valence-electron chi connectivity index (χ3n) is 3.15. The molecule has 88 valence electrons. The van der Waals surface area contributed by atoms with Crippen molar-refractivity contribution in [3.8, 4) is 0 Å². The Kier molecular flexibility index (Phi) is 2.95. The summed E-state index contributed by atoms with van der Waals surface area (Å²) in [4.78, 5) is 2.09. The van der Waals surface area contributed by atoms with Crippen LogP contribution in [-0.4, -0.2) is 17.5 Å². The Morgan fingerprint density at radius 3 is 2.69 bits per heavy atom. The van der Waals surface area contributed by atoms with E-state index in [1.807, 2.05) is 13.8 Å². The maximum atomic E-state index is 13.7. The molecule has 1 aliphatic rings. The number of hydrogen-bond donors (Lipinski definition) is 1. The second kappa shape index (κ2) is 4.11. The first kappa shape index (κ1) is 11.5. The van der Waals surface area contributed by atoms with Crippen molar-refractivity contribution in [2.24, 2.45) is 5.73 Å².